The molecule has 5 heteroatoms. The predicted octanol–water partition coefficient (Wildman–Crippen LogP) is 3.13. The van der Waals surface area contributed by atoms with Crippen LogP contribution in [0.4, 0.5) is 0 Å². The van der Waals surface area contributed by atoms with E-state index in [2.05, 4.69) is 33.4 Å². The third-order valence-electron chi connectivity index (χ3n) is 6.11. The largest absolute Gasteiger partial charge is 0.378 e. The van der Waals surface area contributed by atoms with Gasteiger partial charge in [-0.3, -0.25) is 4.79 Å². The van der Waals surface area contributed by atoms with E-state index in [-0.39, 0.29) is 22.8 Å². The smallest absolute Gasteiger partial charge is 0.240 e. The number of nitrogens with one attached hydrogen (secondary N) is 1. The fourth-order valence-electron chi connectivity index (χ4n) is 3.76. The molecule has 1 amide bonds. The van der Waals surface area contributed by atoms with Gasteiger partial charge in [-0.05, 0) is 37.5 Å². The van der Waals surface area contributed by atoms with Crippen molar-refractivity contribution in [1.82, 2.24) is 5.32 Å². The Labute approximate surface area is 152 Å². The van der Waals surface area contributed by atoms with Crippen LogP contribution in [-0.4, -0.2) is 30.7 Å². The molecule has 0 aliphatic heterocycles. The molecular formula is C19H27BrN2O2. The minimum Gasteiger partial charge on any atom is -0.378 e. The summed E-state index contributed by atoms with van der Waals surface area (Å²) < 4.78 is 6.79. The molecule has 0 aromatic heterocycles. The van der Waals surface area contributed by atoms with Gasteiger partial charge in [0.05, 0.1) is 6.10 Å². The molecule has 0 spiro atoms. The van der Waals surface area contributed by atoms with Crippen LogP contribution in [0.5, 0.6) is 0 Å². The van der Waals surface area contributed by atoms with Gasteiger partial charge in [-0.25, -0.2) is 0 Å². The number of benzene rings is 1. The van der Waals surface area contributed by atoms with Crippen molar-refractivity contribution in [3.63, 3.8) is 0 Å². The standard InChI is InChI=1S/C19H27BrN2O2/c1-4-24-15-11-19(21,17(15,2)3)16(23)22-12-18(8-9-18)13-6-5-7-14(20)10-13/h5-7,10,15H,4,8-9,11-12,21H2,1-3H3,(H,22,23). The van der Waals surface area contributed by atoms with Gasteiger partial charge in [-0.1, -0.05) is 41.9 Å². The highest BCUT2D eigenvalue weighted by molar-refractivity contribution is 9.10. The molecule has 0 radical (unpaired) electrons. The molecule has 132 valence electrons. The number of carbonyl (C=O) groups is 1. The highest BCUT2D eigenvalue weighted by Gasteiger charge is 2.63. The molecule has 2 unspecified atom stereocenters. The summed E-state index contributed by atoms with van der Waals surface area (Å²) in [4.78, 5) is 12.8. The average molecular weight is 395 g/mol. The van der Waals surface area contributed by atoms with E-state index in [0.717, 1.165) is 17.3 Å². The first kappa shape index (κ1) is 17.9. The third kappa shape index (κ3) is 2.80. The van der Waals surface area contributed by atoms with Gasteiger partial charge >= 0.3 is 0 Å². The first-order valence-electron chi connectivity index (χ1n) is 8.70. The maximum atomic E-state index is 12.8. The Kier molecular flexibility index (Phi) is 4.56. The van der Waals surface area contributed by atoms with Crippen molar-refractivity contribution in [1.29, 1.82) is 0 Å². The van der Waals surface area contributed by atoms with Crippen LogP contribution in [0.3, 0.4) is 0 Å². The summed E-state index contributed by atoms with van der Waals surface area (Å²) in [5, 5.41) is 3.13. The minimum absolute atomic E-state index is 0.0512. The number of halogens is 1. The van der Waals surface area contributed by atoms with Crippen LogP contribution in [0.1, 0.15) is 45.6 Å². The molecule has 2 saturated carbocycles. The van der Waals surface area contributed by atoms with Gasteiger partial charge in [-0.2, -0.15) is 0 Å². The van der Waals surface area contributed by atoms with Gasteiger partial charge in [0.15, 0.2) is 0 Å². The van der Waals surface area contributed by atoms with E-state index in [0.29, 0.717) is 19.6 Å². The summed E-state index contributed by atoms with van der Waals surface area (Å²) >= 11 is 3.53. The van der Waals surface area contributed by atoms with Crippen molar-refractivity contribution in [3.8, 4) is 0 Å². The first-order valence-corrected chi connectivity index (χ1v) is 9.49. The van der Waals surface area contributed by atoms with E-state index in [4.69, 9.17) is 10.5 Å². The molecule has 4 nitrogen and oxygen atoms in total. The fourth-order valence-corrected chi connectivity index (χ4v) is 4.16. The number of nitrogens with two attached hydrogens (primary N) is 1. The zero-order chi connectivity index (χ0) is 17.6. The van der Waals surface area contributed by atoms with Gasteiger partial charge in [0.1, 0.15) is 5.54 Å². The van der Waals surface area contributed by atoms with E-state index in [9.17, 15) is 4.79 Å². The number of rotatable bonds is 6. The highest BCUT2D eigenvalue weighted by Crippen LogP contribution is 2.51. The van der Waals surface area contributed by atoms with E-state index in [1.165, 1.54) is 5.56 Å². The molecule has 0 saturated heterocycles. The van der Waals surface area contributed by atoms with Crippen molar-refractivity contribution in [3.05, 3.63) is 34.3 Å². The molecule has 3 rings (SSSR count). The van der Waals surface area contributed by atoms with Crippen molar-refractivity contribution in [2.24, 2.45) is 11.1 Å². The molecule has 2 aliphatic rings. The van der Waals surface area contributed by atoms with E-state index in [1.54, 1.807) is 0 Å². The Bertz CT molecular complexity index is 642. The van der Waals surface area contributed by atoms with Crippen molar-refractivity contribution in [2.45, 2.75) is 57.1 Å². The van der Waals surface area contributed by atoms with Gasteiger partial charge in [0.2, 0.25) is 5.91 Å². The number of hydrogen-bond acceptors (Lipinski definition) is 3. The SMILES string of the molecule is CCOC1CC(N)(C(=O)NCC2(c3cccc(Br)c3)CC2)C1(C)C. The van der Waals surface area contributed by atoms with Crippen LogP contribution in [0.25, 0.3) is 0 Å². The summed E-state index contributed by atoms with van der Waals surface area (Å²) in [5.74, 6) is -0.0512. The van der Waals surface area contributed by atoms with Gasteiger partial charge in [0, 0.05) is 34.9 Å². The molecule has 24 heavy (non-hydrogen) atoms. The average Bonchev–Trinajstić information content (AvgIpc) is 3.33. The molecule has 3 N–H and O–H groups in total. The monoisotopic (exact) mass is 394 g/mol. The number of amides is 1. The second-order valence-corrected chi connectivity index (χ2v) is 8.73. The summed E-state index contributed by atoms with van der Waals surface area (Å²) in [6.45, 7) is 7.32. The fraction of sp³-hybridized carbons (Fsp3) is 0.632. The second-order valence-electron chi connectivity index (χ2n) is 7.81. The maximum absolute atomic E-state index is 12.8. The summed E-state index contributed by atoms with van der Waals surface area (Å²) in [6.07, 6.45) is 2.85. The van der Waals surface area contributed by atoms with Crippen molar-refractivity contribution in [2.75, 3.05) is 13.2 Å². The maximum Gasteiger partial charge on any atom is 0.240 e. The second kappa shape index (κ2) is 6.11. The van der Waals surface area contributed by atoms with Crippen LogP contribution in [-0.2, 0) is 14.9 Å². The lowest BCUT2D eigenvalue weighted by Crippen LogP contribution is -2.76. The van der Waals surface area contributed by atoms with Crippen molar-refractivity contribution >= 4 is 21.8 Å². The minimum atomic E-state index is -0.847. The van der Waals surface area contributed by atoms with E-state index >= 15 is 0 Å². The molecule has 1 aromatic rings. The highest BCUT2D eigenvalue weighted by atomic mass is 79.9. The number of carbonyl (C=O) groups excluding carboxylic acids is 1. The summed E-state index contributed by atoms with van der Waals surface area (Å²) in [5.41, 5.74) is 6.62. The van der Waals surface area contributed by atoms with Gasteiger partial charge in [0.25, 0.3) is 0 Å². The molecule has 0 bridgehead atoms. The topological polar surface area (TPSA) is 64.3 Å². The van der Waals surface area contributed by atoms with E-state index < -0.39 is 5.54 Å². The van der Waals surface area contributed by atoms with Gasteiger partial charge in [-0.15, -0.1) is 0 Å². The lowest BCUT2D eigenvalue weighted by molar-refractivity contribution is -0.170. The number of hydrogen-bond donors (Lipinski definition) is 2. The zero-order valence-corrected chi connectivity index (χ0v) is 16.3. The number of ether oxygens (including phenoxy) is 1. The van der Waals surface area contributed by atoms with Crippen LogP contribution in [0.15, 0.2) is 28.7 Å². The van der Waals surface area contributed by atoms with Gasteiger partial charge < -0.3 is 15.8 Å². The molecule has 2 aliphatic carbocycles. The van der Waals surface area contributed by atoms with Crippen LogP contribution in [0, 0.1) is 5.41 Å². The van der Waals surface area contributed by atoms with E-state index in [1.807, 2.05) is 32.9 Å². The normalized spacial score (nSPS) is 29.6. The Morgan fingerprint density at radius 1 is 1.42 bits per heavy atom. The lowest BCUT2D eigenvalue weighted by Gasteiger charge is -2.57. The summed E-state index contributed by atoms with van der Waals surface area (Å²) in [6, 6.07) is 8.36. The molecule has 0 heterocycles. The Hall–Kier alpha value is -0.910. The lowest BCUT2D eigenvalue weighted by atomic mass is 9.54. The van der Waals surface area contributed by atoms with Crippen LogP contribution < -0.4 is 11.1 Å². The predicted molar refractivity (Wildman–Crippen MR) is 98.8 cm³/mol. The molecule has 2 atom stereocenters. The van der Waals surface area contributed by atoms with Crippen molar-refractivity contribution < 1.29 is 9.53 Å². The summed E-state index contributed by atoms with van der Waals surface area (Å²) in [7, 11) is 0. The zero-order valence-electron chi connectivity index (χ0n) is 14.7. The van der Waals surface area contributed by atoms with Crippen LogP contribution >= 0.6 is 15.9 Å². The van der Waals surface area contributed by atoms with Crippen LogP contribution in [0.2, 0.25) is 0 Å². The Morgan fingerprint density at radius 3 is 2.67 bits per heavy atom. The third-order valence-corrected chi connectivity index (χ3v) is 6.61. The Balaban J connectivity index is 1.64. The first-order chi connectivity index (χ1) is 11.2. The quantitative estimate of drug-likeness (QED) is 0.778. The molecule has 1 aromatic carbocycles. The molecular weight excluding hydrogens is 368 g/mol. The Morgan fingerprint density at radius 2 is 2.12 bits per heavy atom. The molecule has 2 fully saturated rings.